The molecule has 0 aromatic rings. The van der Waals surface area contributed by atoms with Crippen molar-refractivity contribution in [2.24, 2.45) is 38.9 Å². The summed E-state index contributed by atoms with van der Waals surface area (Å²) in [6.07, 6.45) is 4.77. The van der Waals surface area contributed by atoms with Gasteiger partial charge >= 0.3 is 11.9 Å². The number of Topliss-reactive ketones (excluding diaryl/α,β-unsaturated/α-hetero) is 1. The van der Waals surface area contributed by atoms with E-state index in [9.17, 15) is 19.5 Å². The fraction of sp³-hybridized carbons (Fsp3) is 0.731. The maximum absolute atomic E-state index is 14.0. The highest BCUT2D eigenvalue weighted by molar-refractivity contribution is 6.17. The van der Waals surface area contributed by atoms with Gasteiger partial charge in [0, 0.05) is 16.9 Å². The van der Waals surface area contributed by atoms with E-state index in [0.29, 0.717) is 12.8 Å². The van der Waals surface area contributed by atoms with Crippen LogP contribution in [-0.4, -0.2) is 36.0 Å². The molecule has 1 spiro atoms. The molecule has 6 nitrogen and oxygen atoms in total. The van der Waals surface area contributed by atoms with E-state index in [1.165, 1.54) is 7.11 Å². The van der Waals surface area contributed by atoms with Crippen LogP contribution in [0.1, 0.15) is 67.2 Å². The maximum Gasteiger partial charge on any atom is 0.321 e. The third-order valence-corrected chi connectivity index (χ3v) is 10.8. The molecular weight excluding hydrogens is 408 g/mol. The van der Waals surface area contributed by atoms with E-state index in [-0.39, 0.29) is 46.4 Å². The number of fused-ring (bicyclic) bond motifs is 5. The zero-order valence-corrected chi connectivity index (χ0v) is 20.1. The Morgan fingerprint density at radius 2 is 1.78 bits per heavy atom. The van der Waals surface area contributed by atoms with E-state index in [1.807, 2.05) is 13.8 Å². The third-order valence-electron chi connectivity index (χ3n) is 10.8. The predicted molar refractivity (Wildman–Crippen MR) is 116 cm³/mol. The van der Waals surface area contributed by atoms with Crippen molar-refractivity contribution in [3.8, 4) is 0 Å². The van der Waals surface area contributed by atoms with Gasteiger partial charge in [-0.25, -0.2) is 0 Å². The summed E-state index contributed by atoms with van der Waals surface area (Å²) >= 11 is 0. The van der Waals surface area contributed by atoms with Crippen molar-refractivity contribution in [1.29, 1.82) is 0 Å². The quantitative estimate of drug-likeness (QED) is 0.370. The van der Waals surface area contributed by atoms with E-state index in [4.69, 9.17) is 9.47 Å². The van der Waals surface area contributed by atoms with Crippen LogP contribution in [0, 0.1) is 38.9 Å². The van der Waals surface area contributed by atoms with Crippen molar-refractivity contribution in [2.75, 3.05) is 7.11 Å². The number of carbonyl (C=O) groups excluding carboxylic acids is 3. The molecule has 1 N–H and O–H groups in total. The van der Waals surface area contributed by atoms with Gasteiger partial charge in [0.25, 0.3) is 0 Å². The standard InChI is InChI=1S/C26H34O6/c1-13-12-16-23(5,26(21(30)31-7)19(28)14(2)18(27)24(13,26)6)10-8-15-22(3,4)17-9-11-25(15,16)20(29)32-17/h12,15-17,27H,8-11H2,1-7H3/t15-,16-,17-,23+,24-,25+,26+/m1/s1. The zero-order valence-electron chi connectivity index (χ0n) is 20.1. The highest BCUT2D eigenvalue weighted by atomic mass is 16.6. The summed E-state index contributed by atoms with van der Waals surface area (Å²) in [6, 6.07) is 0. The smallest absolute Gasteiger partial charge is 0.321 e. The monoisotopic (exact) mass is 442 g/mol. The highest BCUT2D eigenvalue weighted by Gasteiger charge is 2.82. The zero-order chi connectivity index (χ0) is 23.6. The topological polar surface area (TPSA) is 89.9 Å². The Labute approximate surface area is 189 Å². The van der Waals surface area contributed by atoms with Gasteiger partial charge in [0.05, 0.1) is 17.9 Å². The summed E-state index contributed by atoms with van der Waals surface area (Å²) in [6.45, 7) is 11.6. The van der Waals surface area contributed by atoms with Gasteiger partial charge in [0.15, 0.2) is 11.2 Å². The van der Waals surface area contributed by atoms with E-state index in [2.05, 4.69) is 19.9 Å². The summed E-state index contributed by atoms with van der Waals surface area (Å²) in [7, 11) is 1.30. The normalized spacial score (nSPS) is 48.5. The molecule has 32 heavy (non-hydrogen) atoms. The summed E-state index contributed by atoms with van der Waals surface area (Å²) in [5.74, 6) is -1.51. The molecule has 6 rings (SSSR count). The summed E-state index contributed by atoms with van der Waals surface area (Å²) < 4.78 is 11.3. The van der Waals surface area contributed by atoms with Crippen molar-refractivity contribution in [2.45, 2.75) is 73.3 Å². The van der Waals surface area contributed by atoms with Gasteiger partial charge in [-0.1, -0.05) is 32.4 Å². The van der Waals surface area contributed by atoms with Crippen LogP contribution in [-0.2, 0) is 23.9 Å². The number of esters is 2. The Morgan fingerprint density at radius 1 is 1.12 bits per heavy atom. The van der Waals surface area contributed by atoms with Crippen LogP contribution in [0.15, 0.2) is 23.0 Å². The molecule has 0 unspecified atom stereocenters. The third kappa shape index (κ3) is 1.80. The number of aliphatic hydroxyl groups is 1. The minimum Gasteiger partial charge on any atom is -0.511 e. The fourth-order valence-electron chi connectivity index (χ4n) is 9.13. The predicted octanol–water partition coefficient (Wildman–Crippen LogP) is 4.29. The molecule has 0 amide bonds. The van der Waals surface area contributed by atoms with E-state index >= 15 is 0 Å². The van der Waals surface area contributed by atoms with Crippen LogP contribution < -0.4 is 0 Å². The second-order valence-electron chi connectivity index (χ2n) is 11.8. The highest BCUT2D eigenvalue weighted by Crippen LogP contribution is 2.78. The molecule has 0 aromatic carbocycles. The van der Waals surface area contributed by atoms with Gasteiger partial charge in [-0.3, -0.25) is 14.4 Å². The number of hydrogen-bond acceptors (Lipinski definition) is 6. The fourth-order valence-corrected chi connectivity index (χ4v) is 9.13. The number of aliphatic hydroxyl groups excluding tert-OH is 1. The lowest BCUT2D eigenvalue weighted by atomic mass is 9.32. The van der Waals surface area contributed by atoms with Crippen molar-refractivity contribution >= 4 is 17.7 Å². The second kappa shape index (κ2) is 5.87. The molecule has 4 fully saturated rings. The Hall–Kier alpha value is -2.11. The van der Waals surface area contributed by atoms with Gasteiger partial charge in [-0.15, -0.1) is 0 Å². The van der Waals surface area contributed by atoms with Crippen LogP contribution in [0.2, 0.25) is 0 Å². The number of methoxy groups -OCH3 is 1. The average Bonchev–Trinajstić information content (AvgIpc) is 2.90. The Morgan fingerprint density at radius 3 is 2.38 bits per heavy atom. The van der Waals surface area contributed by atoms with E-state index in [1.54, 1.807) is 13.8 Å². The van der Waals surface area contributed by atoms with E-state index in [0.717, 1.165) is 18.4 Å². The van der Waals surface area contributed by atoms with Gasteiger partial charge in [0.1, 0.15) is 11.9 Å². The van der Waals surface area contributed by atoms with Crippen LogP contribution in [0.5, 0.6) is 0 Å². The first-order chi connectivity index (χ1) is 14.8. The molecule has 7 atom stereocenters. The summed E-state index contributed by atoms with van der Waals surface area (Å²) in [4.78, 5) is 41.3. The molecular formula is C26H34O6. The number of hydrogen-bond donors (Lipinski definition) is 1. The molecule has 2 saturated heterocycles. The van der Waals surface area contributed by atoms with Crippen molar-refractivity contribution < 1.29 is 29.0 Å². The first-order valence-electron chi connectivity index (χ1n) is 11.7. The largest absolute Gasteiger partial charge is 0.511 e. The first kappa shape index (κ1) is 21.7. The molecule has 2 aliphatic heterocycles. The molecule has 2 saturated carbocycles. The Balaban J connectivity index is 1.85. The number of ketones is 1. The molecule has 0 radical (unpaired) electrons. The van der Waals surface area contributed by atoms with Crippen molar-refractivity contribution in [1.82, 2.24) is 0 Å². The molecule has 6 aliphatic rings. The second-order valence-corrected chi connectivity index (χ2v) is 11.8. The number of rotatable bonds is 1. The van der Waals surface area contributed by atoms with Crippen LogP contribution in [0.4, 0.5) is 0 Å². The van der Waals surface area contributed by atoms with Crippen molar-refractivity contribution in [3.63, 3.8) is 0 Å². The number of carbonyl (C=O) groups is 3. The molecule has 4 aliphatic carbocycles. The lowest BCUT2D eigenvalue weighted by Crippen LogP contribution is -2.74. The summed E-state index contributed by atoms with van der Waals surface area (Å²) in [5, 5.41) is 11.2. The molecule has 6 heteroatoms. The van der Waals surface area contributed by atoms with Crippen LogP contribution >= 0.6 is 0 Å². The van der Waals surface area contributed by atoms with Crippen LogP contribution in [0.25, 0.3) is 0 Å². The summed E-state index contributed by atoms with van der Waals surface area (Å²) in [5.41, 5.74) is -3.76. The maximum atomic E-state index is 14.0. The lowest BCUT2D eigenvalue weighted by Gasteiger charge is -2.70. The van der Waals surface area contributed by atoms with Gasteiger partial charge in [0.2, 0.25) is 0 Å². The SMILES string of the molecule is COC(=O)[C@]12C(=O)C(C)=C(O)[C@@]1(C)C(C)=C[C@H]1[C@@]34CC[C@@H](OC3=O)C(C)(C)[C@H]4CC[C@@]12C. The average molecular weight is 443 g/mol. The molecule has 0 aromatic heterocycles. The molecule has 174 valence electrons. The molecule has 2 heterocycles. The minimum absolute atomic E-state index is 0.0591. The lowest BCUT2D eigenvalue weighted by molar-refractivity contribution is -0.262. The van der Waals surface area contributed by atoms with Crippen molar-refractivity contribution in [3.05, 3.63) is 23.0 Å². The Bertz CT molecular complexity index is 1030. The van der Waals surface area contributed by atoms with E-state index < -0.39 is 27.6 Å². The van der Waals surface area contributed by atoms with Crippen LogP contribution in [0.3, 0.4) is 0 Å². The van der Waals surface area contributed by atoms with Gasteiger partial charge in [-0.05, 0) is 57.8 Å². The minimum atomic E-state index is -1.62. The Kier molecular flexibility index (Phi) is 3.98. The number of ether oxygens (including phenoxy) is 2. The van der Waals surface area contributed by atoms with Gasteiger partial charge < -0.3 is 14.6 Å². The van der Waals surface area contributed by atoms with Gasteiger partial charge in [-0.2, -0.15) is 0 Å². The number of allylic oxidation sites excluding steroid dienone is 3. The first-order valence-corrected chi connectivity index (χ1v) is 11.7. The molecule has 2 bridgehead atoms.